The van der Waals surface area contributed by atoms with Crippen molar-refractivity contribution in [2.24, 2.45) is 10.9 Å². The van der Waals surface area contributed by atoms with Crippen LogP contribution in [0.1, 0.15) is 25.7 Å². The summed E-state index contributed by atoms with van der Waals surface area (Å²) in [7, 11) is 0. The van der Waals surface area contributed by atoms with Gasteiger partial charge in [-0.1, -0.05) is 5.16 Å². The number of amidine groups is 1. The summed E-state index contributed by atoms with van der Waals surface area (Å²) in [6.07, 6.45) is 3.36. The third-order valence-electron chi connectivity index (χ3n) is 2.53. The standard InChI is InChI=1S/C9H19N3O2/c10-9(11-14)3-1-2-5-12-6-4-8(13)7-12/h8,13-14H,1-7H2,(H2,10,11). The molecule has 1 unspecified atom stereocenters. The van der Waals surface area contributed by atoms with Crippen LogP contribution in [0.4, 0.5) is 0 Å². The Balaban J connectivity index is 1.99. The lowest BCUT2D eigenvalue weighted by atomic mass is 10.2. The molecular weight excluding hydrogens is 182 g/mol. The van der Waals surface area contributed by atoms with Crippen LogP contribution in [0.3, 0.4) is 0 Å². The molecule has 14 heavy (non-hydrogen) atoms. The lowest BCUT2D eigenvalue weighted by Gasteiger charge is -2.13. The van der Waals surface area contributed by atoms with Gasteiger partial charge in [-0.3, -0.25) is 0 Å². The van der Waals surface area contributed by atoms with E-state index in [2.05, 4.69) is 10.1 Å². The van der Waals surface area contributed by atoms with Crippen LogP contribution in [0, 0.1) is 0 Å². The van der Waals surface area contributed by atoms with E-state index in [1.54, 1.807) is 0 Å². The fraction of sp³-hybridized carbons (Fsp3) is 0.889. The maximum Gasteiger partial charge on any atom is 0.139 e. The highest BCUT2D eigenvalue weighted by molar-refractivity contribution is 5.79. The van der Waals surface area contributed by atoms with E-state index >= 15 is 0 Å². The smallest absolute Gasteiger partial charge is 0.139 e. The van der Waals surface area contributed by atoms with Gasteiger partial charge < -0.3 is 20.9 Å². The summed E-state index contributed by atoms with van der Waals surface area (Å²) in [5, 5.41) is 20.5. The number of unbranched alkanes of at least 4 members (excludes halogenated alkanes) is 1. The number of aliphatic hydroxyl groups excluding tert-OH is 1. The number of nitrogens with zero attached hydrogens (tertiary/aromatic N) is 2. The third-order valence-corrected chi connectivity index (χ3v) is 2.53. The maximum absolute atomic E-state index is 9.27. The summed E-state index contributed by atoms with van der Waals surface area (Å²) in [4.78, 5) is 2.25. The Morgan fingerprint density at radius 3 is 2.86 bits per heavy atom. The first-order valence-electron chi connectivity index (χ1n) is 5.09. The van der Waals surface area contributed by atoms with E-state index in [0.29, 0.717) is 12.3 Å². The van der Waals surface area contributed by atoms with Crippen molar-refractivity contribution in [1.82, 2.24) is 4.90 Å². The molecule has 0 bridgehead atoms. The molecule has 0 aliphatic carbocycles. The van der Waals surface area contributed by atoms with Crippen LogP contribution in [0.15, 0.2) is 5.16 Å². The van der Waals surface area contributed by atoms with Crippen LogP contribution >= 0.6 is 0 Å². The van der Waals surface area contributed by atoms with Crippen molar-refractivity contribution in [2.45, 2.75) is 31.8 Å². The lowest BCUT2D eigenvalue weighted by molar-refractivity contribution is 0.176. The minimum atomic E-state index is -0.140. The molecule has 0 amide bonds. The van der Waals surface area contributed by atoms with Crippen molar-refractivity contribution >= 4 is 5.84 Å². The highest BCUT2D eigenvalue weighted by Crippen LogP contribution is 2.09. The summed E-state index contributed by atoms with van der Waals surface area (Å²) < 4.78 is 0. The SMILES string of the molecule is NC(CCCCN1CCC(O)C1)=NO. The first kappa shape index (κ1) is 11.3. The molecule has 1 saturated heterocycles. The monoisotopic (exact) mass is 201 g/mol. The van der Waals surface area contributed by atoms with Crippen molar-refractivity contribution in [3.63, 3.8) is 0 Å². The zero-order valence-electron chi connectivity index (χ0n) is 8.39. The Morgan fingerprint density at radius 1 is 1.50 bits per heavy atom. The Morgan fingerprint density at radius 2 is 2.29 bits per heavy atom. The molecule has 1 fully saturated rings. The van der Waals surface area contributed by atoms with E-state index in [1.165, 1.54) is 0 Å². The van der Waals surface area contributed by atoms with E-state index in [4.69, 9.17) is 10.9 Å². The number of rotatable bonds is 5. The van der Waals surface area contributed by atoms with Crippen LogP contribution in [0.25, 0.3) is 0 Å². The number of β-amino-alcohol motifs (C(OH)–C–C–N with tert-alkyl or cyclic N) is 1. The zero-order valence-corrected chi connectivity index (χ0v) is 8.39. The minimum absolute atomic E-state index is 0.140. The molecule has 82 valence electrons. The second kappa shape index (κ2) is 5.82. The van der Waals surface area contributed by atoms with Crippen molar-refractivity contribution in [3.05, 3.63) is 0 Å². The summed E-state index contributed by atoms with van der Waals surface area (Å²) in [5.74, 6) is 0.298. The van der Waals surface area contributed by atoms with Gasteiger partial charge in [-0.2, -0.15) is 0 Å². The number of nitrogens with two attached hydrogens (primary N) is 1. The maximum atomic E-state index is 9.27. The molecule has 1 atom stereocenters. The Hall–Kier alpha value is -0.810. The predicted octanol–water partition coefficient (Wildman–Crippen LogP) is -0.0303. The topological polar surface area (TPSA) is 82.1 Å². The van der Waals surface area contributed by atoms with Crippen LogP contribution in [0.2, 0.25) is 0 Å². The molecule has 1 heterocycles. The van der Waals surface area contributed by atoms with Gasteiger partial charge in [-0.05, 0) is 25.8 Å². The van der Waals surface area contributed by atoms with Crippen LogP contribution in [0.5, 0.6) is 0 Å². The molecule has 0 aromatic heterocycles. The second-order valence-electron chi connectivity index (χ2n) is 3.79. The average molecular weight is 201 g/mol. The highest BCUT2D eigenvalue weighted by atomic mass is 16.4. The first-order valence-corrected chi connectivity index (χ1v) is 5.09. The molecular formula is C9H19N3O2. The highest BCUT2D eigenvalue weighted by Gasteiger charge is 2.18. The van der Waals surface area contributed by atoms with Crippen LogP contribution < -0.4 is 5.73 Å². The van der Waals surface area contributed by atoms with Gasteiger partial charge in [-0.15, -0.1) is 0 Å². The summed E-state index contributed by atoms with van der Waals surface area (Å²) in [6.45, 7) is 2.78. The van der Waals surface area contributed by atoms with Crippen molar-refractivity contribution < 1.29 is 10.3 Å². The van der Waals surface area contributed by atoms with Gasteiger partial charge in [0.05, 0.1) is 6.10 Å². The number of hydrogen-bond acceptors (Lipinski definition) is 4. The number of aliphatic hydroxyl groups is 1. The van der Waals surface area contributed by atoms with Gasteiger partial charge in [0, 0.05) is 19.5 Å². The van der Waals surface area contributed by atoms with Crippen LogP contribution in [-0.2, 0) is 0 Å². The number of oxime groups is 1. The summed E-state index contributed by atoms with van der Waals surface area (Å²) in [6, 6.07) is 0. The fourth-order valence-electron chi connectivity index (χ4n) is 1.71. The number of hydrogen-bond donors (Lipinski definition) is 3. The molecule has 0 aromatic carbocycles. The fourth-order valence-corrected chi connectivity index (χ4v) is 1.71. The van der Waals surface area contributed by atoms with Gasteiger partial charge in [-0.25, -0.2) is 0 Å². The largest absolute Gasteiger partial charge is 0.409 e. The molecule has 0 saturated carbocycles. The van der Waals surface area contributed by atoms with Crippen molar-refractivity contribution in [3.8, 4) is 0 Å². The van der Waals surface area contributed by atoms with E-state index in [1.807, 2.05) is 0 Å². The Kier molecular flexibility index (Phi) is 4.69. The molecule has 1 rings (SSSR count). The third kappa shape index (κ3) is 3.93. The van der Waals surface area contributed by atoms with E-state index in [0.717, 1.165) is 38.9 Å². The molecule has 0 aromatic rings. The van der Waals surface area contributed by atoms with Gasteiger partial charge in [0.2, 0.25) is 0 Å². The molecule has 5 heteroatoms. The van der Waals surface area contributed by atoms with E-state index < -0.39 is 0 Å². The normalized spacial score (nSPS) is 24.4. The zero-order chi connectivity index (χ0) is 10.4. The Bertz CT molecular complexity index is 196. The molecule has 0 spiro atoms. The molecule has 1 aliphatic heterocycles. The predicted molar refractivity (Wildman–Crippen MR) is 54.3 cm³/mol. The summed E-state index contributed by atoms with van der Waals surface area (Å²) in [5.41, 5.74) is 5.34. The second-order valence-corrected chi connectivity index (χ2v) is 3.79. The van der Waals surface area contributed by atoms with Gasteiger partial charge >= 0.3 is 0 Å². The van der Waals surface area contributed by atoms with E-state index in [9.17, 15) is 5.11 Å². The summed E-state index contributed by atoms with van der Waals surface area (Å²) >= 11 is 0. The molecule has 4 N–H and O–H groups in total. The van der Waals surface area contributed by atoms with E-state index in [-0.39, 0.29) is 6.10 Å². The minimum Gasteiger partial charge on any atom is -0.409 e. The van der Waals surface area contributed by atoms with Crippen molar-refractivity contribution in [2.75, 3.05) is 19.6 Å². The molecule has 5 nitrogen and oxygen atoms in total. The van der Waals surface area contributed by atoms with Crippen LogP contribution in [-0.4, -0.2) is 46.8 Å². The first-order chi connectivity index (χ1) is 6.72. The quantitative estimate of drug-likeness (QED) is 0.192. The lowest BCUT2D eigenvalue weighted by Crippen LogP contribution is -2.23. The number of likely N-dealkylation sites (tertiary alicyclic amines) is 1. The van der Waals surface area contributed by atoms with Crippen molar-refractivity contribution in [1.29, 1.82) is 0 Å². The molecule has 1 aliphatic rings. The van der Waals surface area contributed by atoms with Gasteiger partial charge in [0.15, 0.2) is 0 Å². The average Bonchev–Trinajstić information content (AvgIpc) is 2.58. The van der Waals surface area contributed by atoms with Gasteiger partial charge in [0.1, 0.15) is 5.84 Å². The molecule has 0 radical (unpaired) electrons. The Labute approximate surface area is 84.2 Å². The van der Waals surface area contributed by atoms with Gasteiger partial charge in [0.25, 0.3) is 0 Å².